The van der Waals surface area contributed by atoms with E-state index in [1.807, 2.05) is 17.8 Å². The second-order valence-electron chi connectivity index (χ2n) is 4.77. The van der Waals surface area contributed by atoms with Gasteiger partial charge in [-0.25, -0.2) is 4.39 Å². The predicted molar refractivity (Wildman–Crippen MR) is 72.9 cm³/mol. The molecule has 0 radical (unpaired) electrons. The summed E-state index contributed by atoms with van der Waals surface area (Å²) >= 11 is 2.03. The third-order valence-electron chi connectivity index (χ3n) is 3.42. The van der Waals surface area contributed by atoms with E-state index in [-0.39, 0.29) is 11.9 Å². The second-order valence-corrected chi connectivity index (χ2v) is 6.25. The van der Waals surface area contributed by atoms with Crippen molar-refractivity contribution in [3.05, 3.63) is 35.6 Å². The van der Waals surface area contributed by atoms with Crippen molar-refractivity contribution < 1.29 is 4.39 Å². The Labute approximate surface area is 107 Å². The molecule has 1 aromatic rings. The van der Waals surface area contributed by atoms with E-state index < -0.39 is 0 Å². The van der Waals surface area contributed by atoms with Crippen LogP contribution >= 0.6 is 11.8 Å². The van der Waals surface area contributed by atoms with Gasteiger partial charge in [0.05, 0.1) is 0 Å². The first-order valence-electron chi connectivity index (χ1n) is 6.30. The second kappa shape index (κ2) is 5.87. The monoisotopic (exact) mass is 253 g/mol. The Morgan fingerprint density at radius 1 is 1.47 bits per heavy atom. The minimum absolute atomic E-state index is 0.151. The van der Waals surface area contributed by atoms with Crippen molar-refractivity contribution in [3.63, 3.8) is 0 Å². The van der Waals surface area contributed by atoms with Gasteiger partial charge in [-0.15, -0.1) is 0 Å². The van der Waals surface area contributed by atoms with E-state index in [0.29, 0.717) is 11.3 Å². The van der Waals surface area contributed by atoms with Crippen LogP contribution < -0.4 is 5.32 Å². The van der Waals surface area contributed by atoms with Gasteiger partial charge < -0.3 is 5.32 Å². The maximum atomic E-state index is 13.2. The number of benzene rings is 1. The lowest BCUT2D eigenvalue weighted by Gasteiger charge is -2.32. The summed E-state index contributed by atoms with van der Waals surface area (Å²) in [7, 11) is 0. The van der Waals surface area contributed by atoms with Crippen LogP contribution in [0.1, 0.15) is 38.3 Å². The number of rotatable bonds is 3. The average molecular weight is 253 g/mol. The first-order valence-corrected chi connectivity index (χ1v) is 7.35. The van der Waals surface area contributed by atoms with E-state index in [1.165, 1.54) is 24.7 Å². The quantitative estimate of drug-likeness (QED) is 0.880. The Morgan fingerprint density at radius 2 is 2.29 bits per heavy atom. The Morgan fingerprint density at radius 3 is 3.00 bits per heavy atom. The standard InChI is InChI=1S/C14H20FNS/c1-10(12-5-3-6-13(15)9-12)16-14-7-4-8-17-11(14)2/h3,5-6,9-11,14,16H,4,7-8H2,1-2H3/t10-,11?,14?/m1/s1. The number of nitrogens with one attached hydrogen (secondary N) is 1. The van der Waals surface area contributed by atoms with E-state index in [1.54, 1.807) is 12.1 Å². The molecule has 0 aliphatic carbocycles. The van der Waals surface area contributed by atoms with Crippen LogP contribution in [0.5, 0.6) is 0 Å². The van der Waals surface area contributed by atoms with Crippen LogP contribution in [0.2, 0.25) is 0 Å². The minimum atomic E-state index is -0.151. The molecule has 0 spiro atoms. The van der Waals surface area contributed by atoms with Crippen molar-refractivity contribution >= 4 is 11.8 Å². The van der Waals surface area contributed by atoms with Gasteiger partial charge in [0.15, 0.2) is 0 Å². The molecule has 1 aliphatic heterocycles. The molecule has 0 amide bonds. The SMILES string of the molecule is CC1SCCCC1N[C@H](C)c1cccc(F)c1. The molecule has 2 rings (SSSR count). The molecular formula is C14H20FNS. The first kappa shape index (κ1) is 12.9. The Balaban J connectivity index is 1.98. The normalized spacial score (nSPS) is 26.8. The molecule has 1 nitrogen and oxygen atoms in total. The molecule has 94 valence electrons. The van der Waals surface area contributed by atoms with Crippen molar-refractivity contribution in [2.24, 2.45) is 0 Å². The lowest BCUT2D eigenvalue weighted by molar-refractivity contribution is 0.416. The molecule has 1 N–H and O–H groups in total. The summed E-state index contributed by atoms with van der Waals surface area (Å²) in [4.78, 5) is 0. The molecule has 1 aliphatic rings. The van der Waals surface area contributed by atoms with Gasteiger partial charge in [-0.2, -0.15) is 11.8 Å². The molecule has 1 saturated heterocycles. The minimum Gasteiger partial charge on any atom is -0.306 e. The van der Waals surface area contributed by atoms with Gasteiger partial charge in [-0.1, -0.05) is 19.1 Å². The van der Waals surface area contributed by atoms with Crippen LogP contribution in [0.15, 0.2) is 24.3 Å². The van der Waals surface area contributed by atoms with Crippen LogP contribution in [-0.4, -0.2) is 17.0 Å². The third kappa shape index (κ3) is 3.46. The van der Waals surface area contributed by atoms with E-state index in [2.05, 4.69) is 19.2 Å². The third-order valence-corrected chi connectivity index (χ3v) is 4.80. The molecule has 1 heterocycles. The molecule has 3 heteroatoms. The zero-order valence-electron chi connectivity index (χ0n) is 10.4. The van der Waals surface area contributed by atoms with Crippen LogP contribution in [-0.2, 0) is 0 Å². The molecule has 0 aromatic heterocycles. The van der Waals surface area contributed by atoms with Crippen molar-refractivity contribution in [1.29, 1.82) is 0 Å². The Hall–Kier alpha value is -0.540. The number of thioether (sulfide) groups is 1. The zero-order valence-corrected chi connectivity index (χ0v) is 11.3. The van der Waals surface area contributed by atoms with Crippen molar-refractivity contribution in [1.82, 2.24) is 5.32 Å². The summed E-state index contributed by atoms with van der Waals surface area (Å²) in [6, 6.07) is 7.65. The highest BCUT2D eigenvalue weighted by Gasteiger charge is 2.23. The van der Waals surface area contributed by atoms with Crippen LogP contribution in [0.3, 0.4) is 0 Å². The van der Waals surface area contributed by atoms with Gasteiger partial charge in [-0.3, -0.25) is 0 Å². The summed E-state index contributed by atoms with van der Waals surface area (Å²) in [5.41, 5.74) is 1.03. The van der Waals surface area contributed by atoms with Gasteiger partial charge in [0, 0.05) is 17.3 Å². The number of hydrogen-bond acceptors (Lipinski definition) is 2. The maximum absolute atomic E-state index is 13.2. The van der Waals surface area contributed by atoms with E-state index in [0.717, 1.165) is 5.56 Å². The van der Waals surface area contributed by atoms with Crippen LogP contribution in [0, 0.1) is 5.82 Å². The summed E-state index contributed by atoms with van der Waals surface area (Å²) in [6.45, 7) is 4.39. The maximum Gasteiger partial charge on any atom is 0.123 e. The van der Waals surface area contributed by atoms with E-state index in [4.69, 9.17) is 0 Å². The van der Waals surface area contributed by atoms with E-state index >= 15 is 0 Å². The van der Waals surface area contributed by atoms with Gasteiger partial charge in [0.2, 0.25) is 0 Å². The Bertz CT molecular complexity index is 369. The fourth-order valence-electron chi connectivity index (χ4n) is 2.34. The molecule has 1 fully saturated rings. The Kier molecular flexibility index (Phi) is 4.46. The van der Waals surface area contributed by atoms with Gasteiger partial charge >= 0.3 is 0 Å². The van der Waals surface area contributed by atoms with Crippen LogP contribution in [0.25, 0.3) is 0 Å². The molecule has 3 atom stereocenters. The predicted octanol–water partition coefficient (Wildman–Crippen LogP) is 3.76. The molecule has 0 saturated carbocycles. The van der Waals surface area contributed by atoms with Crippen molar-refractivity contribution in [3.8, 4) is 0 Å². The summed E-state index contributed by atoms with van der Waals surface area (Å²) in [5, 5.41) is 4.28. The molecular weight excluding hydrogens is 233 g/mol. The summed E-state index contributed by atoms with van der Waals surface area (Å²) in [6.07, 6.45) is 2.51. The first-order chi connectivity index (χ1) is 8.16. The zero-order chi connectivity index (χ0) is 12.3. The van der Waals surface area contributed by atoms with Crippen molar-refractivity contribution in [2.45, 2.75) is 44.0 Å². The number of hydrogen-bond donors (Lipinski definition) is 1. The lowest BCUT2D eigenvalue weighted by Crippen LogP contribution is -2.40. The topological polar surface area (TPSA) is 12.0 Å². The van der Waals surface area contributed by atoms with Gasteiger partial charge in [0.25, 0.3) is 0 Å². The average Bonchev–Trinajstić information content (AvgIpc) is 2.32. The largest absolute Gasteiger partial charge is 0.306 e. The lowest BCUT2D eigenvalue weighted by atomic mass is 10.0. The number of halogens is 1. The highest BCUT2D eigenvalue weighted by Crippen LogP contribution is 2.27. The van der Waals surface area contributed by atoms with Gasteiger partial charge in [-0.05, 0) is 43.2 Å². The highest BCUT2D eigenvalue weighted by atomic mass is 32.2. The van der Waals surface area contributed by atoms with E-state index in [9.17, 15) is 4.39 Å². The molecule has 1 aromatic carbocycles. The highest BCUT2D eigenvalue weighted by molar-refractivity contribution is 7.99. The molecule has 0 bridgehead atoms. The van der Waals surface area contributed by atoms with Crippen LogP contribution in [0.4, 0.5) is 4.39 Å². The fourth-order valence-corrected chi connectivity index (χ4v) is 3.49. The fraction of sp³-hybridized carbons (Fsp3) is 0.571. The van der Waals surface area contributed by atoms with Gasteiger partial charge in [0.1, 0.15) is 5.82 Å². The summed E-state index contributed by atoms with van der Waals surface area (Å²) < 4.78 is 13.2. The van der Waals surface area contributed by atoms with Crippen molar-refractivity contribution in [2.75, 3.05) is 5.75 Å². The summed E-state index contributed by atoms with van der Waals surface area (Å²) in [5.74, 6) is 1.12. The molecule has 2 unspecified atom stereocenters. The molecule has 17 heavy (non-hydrogen) atoms. The smallest absolute Gasteiger partial charge is 0.123 e.